The van der Waals surface area contributed by atoms with E-state index < -0.39 is 29.3 Å². The first-order valence-electron chi connectivity index (χ1n) is 13.5. The fraction of sp³-hybridized carbons (Fsp3) is 0.357. The number of hydrogen-bond donors (Lipinski definition) is 3. The number of likely N-dealkylation sites (N-methyl/N-ethyl adjacent to an activating group) is 1. The van der Waals surface area contributed by atoms with E-state index in [0.29, 0.717) is 41.2 Å². The summed E-state index contributed by atoms with van der Waals surface area (Å²) in [7, 11) is 3.94. The number of piperazine rings is 1. The number of aromatic nitrogens is 4. The predicted molar refractivity (Wildman–Crippen MR) is 153 cm³/mol. The first kappa shape index (κ1) is 29.2. The molecule has 0 saturated carbocycles. The molecule has 0 aliphatic carbocycles. The summed E-state index contributed by atoms with van der Waals surface area (Å²) in [5.41, 5.74) is 0.750. The molecule has 3 N–H and O–H groups in total. The molecule has 1 fully saturated rings. The standard InChI is InChI=1S/C28H31F4N9O/c1-39-12-14-41(15-13-39)11-3-10-33-26-34-17-21-24(38-40(2)25(21)37-26)18-4-7-20(8-5-18)35-27(42)36-23-16-19(28(30,31)32)6-9-22(23)29/h4-9,16-17H,3,10-15H2,1-2H3,(H,33,34,37)(H2,35,36,42). The van der Waals surface area contributed by atoms with Gasteiger partial charge in [-0.15, -0.1) is 0 Å². The number of anilines is 3. The molecular formula is C28H31F4N9O. The predicted octanol–water partition coefficient (Wildman–Crippen LogP) is 4.88. The van der Waals surface area contributed by atoms with Crippen LogP contribution in [0.2, 0.25) is 0 Å². The zero-order valence-corrected chi connectivity index (χ0v) is 23.2. The summed E-state index contributed by atoms with van der Waals surface area (Å²) in [4.78, 5) is 26.2. The van der Waals surface area contributed by atoms with Gasteiger partial charge in [-0.2, -0.15) is 23.3 Å². The van der Waals surface area contributed by atoms with E-state index in [4.69, 9.17) is 0 Å². The summed E-state index contributed by atoms with van der Waals surface area (Å²) < 4.78 is 54.5. The maximum Gasteiger partial charge on any atom is 0.416 e. The van der Waals surface area contributed by atoms with Gasteiger partial charge < -0.3 is 25.8 Å². The molecule has 1 aliphatic rings. The van der Waals surface area contributed by atoms with Gasteiger partial charge in [0.2, 0.25) is 5.95 Å². The van der Waals surface area contributed by atoms with Gasteiger partial charge in [-0.25, -0.2) is 18.9 Å². The van der Waals surface area contributed by atoms with Gasteiger partial charge in [0.05, 0.1) is 16.6 Å². The Morgan fingerprint density at radius 3 is 2.45 bits per heavy atom. The Kier molecular flexibility index (Phi) is 8.54. The summed E-state index contributed by atoms with van der Waals surface area (Å²) >= 11 is 0. The molecule has 4 aromatic rings. The number of fused-ring (bicyclic) bond motifs is 1. The fourth-order valence-electron chi connectivity index (χ4n) is 4.70. The topological polar surface area (TPSA) is 103 Å². The normalized spacial score (nSPS) is 14.7. The summed E-state index contributed by atoms with van der Waals surface area (Å²) in [6, 6.07) is 7.59. The number of alkyl halides is 3. The van der Waals surface area contributed by atoms with E-state index in [1.807, 2.05) is 0 Å². The van der Waals surface area contributed by atoms with E-state index in [1.165, 1.54) is 0 Å². The molecule has 0 atom stereocenters. The Balaban J connectivity index is 1.19. The van der Waals surface area contributed by atoms with Crippen LogP contribution in [-0.4, -0.2) is 81.9 Å². The number of urea groups is 1. The van der Waals surface area contributed by atoms with Gasteiger partial charge in [0.1, 0.15) is 11.5 Å². The molecule has 222 valence electrons. The van der Waals surface area contributed by atoms with E-state index in [0.717, 1.165) is 56.6 Å². The average Bonchev–Trinajstić information content (AvgIpc) is 3.28. The van der Waals surface area contributed by atoms with Crippen molar-refractivity contribution >= 4 is 34.4 Å². The zero-order valence-electron chi connectivity index (χ0n) is 23.2. The number of benzene rings is 2. The number of carbonyl (C=O) groups excluding carboxylic acids is 1. The fourth-order valence-corrected chi connectivity index (χ4v) is 4.70. The zero-order chi connectivity index (χ0) is 29.9. The molecule has 0 unspecified atom stereocenters. The Morgan fingerprint density at radius 2 is 1.74 bits per heavy atom. The number of aryl methyl sites for hydroxylation is 1. The average molecular weight is 586 g/mol. The van der Waals surface area contributed by atoms with Crippen LogP contribution < -0.4 is 16.0 Å². The van der Waals surface area contributed by atoms with Crippen molar-refractivity contribution in [3.05, 3.63) is 60.0 Å². The number of carbonyl (C=O) groups is 1. The van der Waals surface area contributed by atoms with E-state index in [9.17, 15) is 22.4 Å². The lowest BCUT2D eigenvalue weighted by molar-refractivity contribution is -0.137. The van der Waals surface area contributed by atoms with Crippen molar-refractivity contribution in [3.8, 4) is 11.3 Å². The van der Waals surface area contributed by atoms with Crippen LogP contribution in [0.3, 0.4) is 0 Å². The molecule has 1 saturated heterocycles. The van der Waals surface area contributed by atoms with Gasteiger partial charge in [0.15, 0.2) is 5.65 Å². The summed E-state index contributed by atoms with van der Waals surface area (Å²) in [5, 5.41) is 13.2. The molecule has 0 radical (unpaired) electrons. The van der Waals surface area contributed by atoms with Crippen molar-refractivity contribution < 1.29 is 22.4 Å². The molecule has 2 aromatic heterocycles. The maximum absolute atomic E-state index is 14.0. The van der Waals surface area contributed by atoms with Gasteiger partial charge >= 0.3 is 12.2 Å². The lowest BCUT2D eigenvalue weighted by atomic mass is 10.1. The number of nitrogens with zero attached hydrogens (tertiary/aromatic N) is 6. The van der Waals surface area contributed by atoms with Gasteiger partial charge in [-0.05, 0) is 50.3 Å². The molecule has 2 amide bonds. The van der Waals surface area contributed by atoms with E-state index >= 15 is 0 Å². The monoisotopic (exact) mass is 585 g/mol. The van der Waals surface area contributed by atoms with Crippen molar-refractivity contribution in [1.29, 1.82) is 0 Å². The third kappa shape index (κ3) is 6.94. The molecule has 5 rings (SSSR count). The second kappa shape index (κ2) is 12.3. The lowest BCUT2D eigenvalue weighted by Crippen LogP contribution is -2.44. The molecule has 1 aliphatic heterocycles. The molecule has 10 nitrogen and oxygen atoms in total. The lowest BCUT2D eigenvalue weighted by Gasteiger charge is -2.32. The van der Waals surface area contributed by atoms with Crippen LogP contribution >= 0.6 is 0 Å². The van der Waals surface area contributed by atoms with E-state index in [-0.39, 0.29) is 0 Å². The molecular weight excluding hydrogens is 554 g/mol. The van der Waals surface area contributed by atoms with Crippen LogP contribution in [0.25, 0.3) is 22.3 Å². The highest BCUT2D eigenvalue weighted by Crippen LogP contribution is 2.32. The minimum Gasteiger partial charge on any atom is -0.354 e. The number of nitrogens with one attached hydrogen (secondary N) is 3. The molecule has 3 heterocycles. The summed E-state index contributed by atoms with van der Waals surface area (Å²) in [5.74, 6) is -0.458. The minimum absolute atomic E-state index is 0.350. The molecule has 14 heteroatoms. The van der Waals surface area contributed by atoms with E-state index in [2.05, 4.69) is 47.9 Å². The van der Waals surface area contributed by atoms with Crippen molar-refractivity contribution in [2.75, 3.05) is 62.3 Å². The Hall–Kier alpha value is -4.30. The first-order valence-corrected chi connectivity index (χ1v) is 13.5. The third-order valence-electron chi connectivity index (χ3n) is 7.07. The smallest absolute Gasteiger partial charge is 0.354 e. The molecule has 0 spiro atoms. The Morgan fingerprint density at radius 1 is 1.00 bits per heavy atom. The van der Waals surface area contributed by atoms with Crippen LogP contribution in [0.15, 0.2) is 48.7 Å². The van der Waals surface area contributed by atoms with Crippen LogP contribution in [-0.2, 0) is 13.2 Å². The minimum atomic E-state index is -4.67. The number of halogens is 4. The number of rotatable bonds is 8. The van der Waals surface area contributed by atoms with Crippen molar-refractivity contribution in [3.63, 3.8) is 0 Å². The van der Waals surface area contributed by atoms with Crippen LogP contribution in [0.4, 0.5) is 39.7 Å². The number of amides is 2. The van der Waals surface area contributed by atoms with E-state index in [1.54, 1.807) is 42.2 Å². The largest absolute Gasteiger partial charge is 0.416 e. The van der Waals surface area contributed by atoms with Gasteiger partial charge in [0.25, 0.3) is 0 Å². The Bertz CT molecular complexity index is 1550. The van der Waals surface area contributed by atoms with Gasteiger partial charge in [-0.3, -0.25) is 0 Å². The highest BCUT2D eigenvalue weighted by atomic mass is 19.4. The van der Waals surface area contributed by atoms with Crippen LogP contribution in [0, 0.1) is 5.82 Å². The van der Waals surface area contributed by atoms with Crippen molar-refractivity contribution in [2.24, 2.45) is 7.05 Å². The highest BCUT2D eigenvalue weighted by Gasteiger charge is 2.31. The quantitative estimate of drug-likeness (QED) is 0.200. The molecule has 2 aromatic carbocycles. The second-order valence-corrected chi connectivity index (χ2v) is 10.2. The Labute approximate surface area is 239 Å². The first-order chi connectivity index (χ1) is 20.1. The van der Waals surface area contributed by atoms with Crippen LogP contribution in [0.1, 0.15) is 12.0 Å². The maximum atomic E-state index is 14.0. The van der Waals surface area contributed by atoms with Gasteiger partial charge in [-0.1, -0.05) is 12.1 Å². The van der Waals surface area contributed by atoms with Crippen molar-refractivity contribution in [2.45, 2.75) is 12.6 Å². The summed E-state index contributed by atoms with van der Waals surface area (Å²) in [6.07, 6.45) is -1.97. The van der Waals surface area contributed by atoms with Crippen LogP contribution in [0.5, 0.6) is 0 Å². The number of hydrogen-bond acceptors (Lipinski definition) is 7. The second-order valence-electron chi connectivity index (χ2n) is 10.2. The van der Waals surface area contributed by atoms with Gasteiger partial charge in [0, 0.05) is 57.2 Å². The third-order valence-corrected chi connectivity index (χ3v) is 7.07. The highest BCUT2D eigenvalue weighted by molar-refractivity contribution is 6.00. The van der Waals surface area contributed by atoms with Crippen molar-refractivity contribution in [1.82, 2.24) is 29.5 Å². The summed E-state index contributed by atoms with van der Waals surface area (Å²) in [6.45, 7) is 6.13. The molecule has 42 heavy (non-hydrogen) atoms. The SMILES string of the molecule is CN1CCN(CCCNc2ncc3c(-c4ccc(NC(=O)Nc5cc(C(F)(F)F)ccc5F)cc4)nn(C)c3n2)CC1. The molecule has 0 bridgehead atoms.